The minimum atomic E-state index is 0.0960. The van der Waals surface area contributed by atoms with Gasteiger partial charge >= 0.3 is 0 Å². The van der Waals surface area contributed by atoms with Crippen molar-refractivity contribution < 1.29 is 4.79 Å². The fraction of sp³-hybridized carbons (Fsp3) is 0.143. The zero-order valence-electron chi connectivity index (χ0n) is 13.9. The number of aromatic nitrogens is 2. The lowest BCUT2D eigenvalue weighted by molar-refractivity contribution is -0.116. The Morgan fingerprint density at radius 1 is 1.16 bits per heavy atom. The third-order valence-corrected chi connectivity index (χ3v) is 4.44. The molecule has 0 fully saturated rings. The van der Waals surface area contributed by atoms with Gasteiger partial charge in [-0.25, -0.2) is 4.98 Å². The van der Waals surface area contributed by atoms with Crippen LogP contribution in [0.5, 0.6) is 0 Å². The lowest BCUT2D eigenvalue weighted by Crippen LogP contribution is -2.18. The summed E-state index contributed by atoms with van der Waals surface area (Å²) in [6, 6.07) is 16.7. The van der Waals surface area contributed by atoms with E-state index in [-0.39, 0.29) is 5.91 Å². The molecule has 0 aliphatic carbocycles. The number of hydrogen-bond donors (Lipinski definition) is 1. The van der Waals surface area contributed by atoms with Crippen molar-refractivity contribution in [1.29, 1.82) is 0 Å². The number of rotatable bonds is 4. The average molecular weight is 329 g/mol. The van der Waals surface area contributed by atoms with Crippen LogP contribution in [0.2, 0.25) is 0 Å². The Balaban J connectivity index is 1.72. The summed E-state index contributed by atoms with van der Waals surface area (Å²) in [6.07, 6.45) is 9.80. The first kappa shape index (κ1) is 15.4. The number of hydrogen-bond acceptors (Lipinski definition) is 2. The van der Waals surface area contributed by atoms with Crippen molar-refractivity contribution in [3.63, 3.8) is 0 Å². The first-order valence-electron chi connectivity index (χ1n) is 8.43. The summed E-state index contributed by atoms with van der Waals surface area (Å²) in [5.74, 6) is 0.0960. The number of benzene rings is 2. The van der Waals surface area contributed by atoms with Crippen molar-refractivity contribution in [1.82, 2.24) is 9.55 Å². The van der Waals surface area contributed by atoms with Crippen LogP contribution in [0.4, 0.5) is 5.69 Å². The minimum Gasteiger partial charge on any atom is -0.326 e. The van der Waals surface area contributed by atoms with Gasteiger partial charge in [0, 0.05) is 30.7 Å². The SMILES string of the molecule is O=C1CCc2cc(/C(=C\n3ccnc3)Cc3ccccc3)ccc2N1. The Hall–Kier alpha value is -3.14. The number of carbonyl (C=O) groups excluding carboxylic acids is 1. The Kier molecular flexibility index (Phi) is 4.17. The average Bonchev–Trinajstić information content (AvgIpc) is 3.15. The van der Waals surface area contributed by atoms with Gasteiger partial charge in [-0.1, -0.05) is 36.4 Å². The van der Waals surface area contributed by atoms with Crippen molar-refractivity contribution in [3.05, 3.63) is 83.9 Å². The van der Waals surface area contributed by atoms with Crippen LogP contribution in [-0.4, -0.2) is 15.5 Å². The van der Waals surface area contributed by atoms with E-state index in [9.17, 15) is 4.79 Å². The van der Waals surface area contributed by atoms with E-state index in [0.29, 0.717) is 6.42 Å². The molecule has 25 heavy (non-hydrogen) atoms. The summed E-state index contributed by atoms with van der Waals surface area (Å²) in [5, 5.41) is 2.95. The maximum absolute atomic E-state index is 11.6. The lowest BCUT2D eigenvalue weighted by atomic mass is 9.94. The van der Waals surface area contributed by atoms with Crippen molar-refractivity contribution in [2.75, 3.05) is 5.32 Å². The molecule has 124 valence electrons. The first-order valence-corrected chi connectivity index (χ1v) is 8.43. The van der Waals surface area contributed by atoms with Gasteiger partial charge in [0.2, 0.25) is 5.91 Å². The molecule has 2 aromatic carbocycles. The Morgan fingerprint density at radius 2 is 2.04 bits per heavy atom. The molecule has 0 atom stereocenters. The van der Waals surface area contributed by atoms with E-state index in [4.69, 9.17) is 0 Å². The summed E-state index contributed by atoms with van der Waals surface area (Å²) >= 11 is 0. The molecule has 0 radical (unpaired) electrons. The van der Waals surface area contributed by atoms with Gasteiger partial charge < -0.3 is 9.88 Å². The van der Waals surface area contributed by atoms with Crippen molar-refractivity contribution in [3.8, 4) is 0 Å². The van der Waals surface area contributed by atoms with Crippen LogP contribution in [0.25, 0.3) is 11.8 Å². The van der Waals surface area contributed by atoms with Crippen LogP contribution in [0, 0.1) is 0 Å². The number of aryl methyl sites for hydroxylation is 1. The van der Waals surface area contributed by atoms with Gasteiger partial charge in [-0.05, 0) is 47.2 Å². The highest BCUT2D eigenvalue weighted by molar-refractivity contribution is 5.94. The number of fused-ring (bicyclic) bond motifs is 1. The monoisotopic (exact) mass is 329 g/mol. The maximum Gasteiger partial charge on any atom is 0.224 e. The number of allylic oxidation sites excluding steroid dienone is 1. The second-order valence-corrected chi connectivity index (χ2v) is 6.25. The number of amides is 1. The van der Waals surface area contributed by atoms with Crippen LogP contribution in [0.3, 0.4) is 0 Å². The molecule has 1 aliphatic heterocycles. The van der Waals surface area contributed by atoms with Crippen LogP contribution in [-0.2, 0) is 17.6 Å². The molecule has 4 rings (SSSR count). The summed E-state index contributed by atoms with van der Waals surface area (Å²) < 4.78 is 1.97. The van der Waals surface area contributed by atoms with E-state index >= 15 is 0 Å². The van der Waals surface area contributed by atoms with E-state index in [1.54, 1.807) is 12.5 Å². The molecule has 1 N–H and O–H groups in total. The maximum atomic E-state index is 11.6. The van der Waals surface area contributed by atoms with Crippen LogP contribution in [0.15, 0.2) is 67.3 Å². The summed E-state index contributed by atoms with van der Waals surface area (Å²) in [7, 11) is 0. The zero-order valence-corrected chi connectivity index (χ0v) is 13.9. The van der Waals surface area contributed by atoms with Crippen molar-refractivity contribution in [2.24, 2.45) is 0 Å². The van der Waals surface area contributed by atoms with Crippen LogP contribution in [0.1, 0.15) is 23.1 Å². The van der Waals surface area contributed by atoms with Crippen molar-refractivity contribution >= 4 is 23.4 Å². The van der Waals surface area contributed by atoms with Gasteiger partial charge in [-0.3, -0.25) is 4.79 Å². The standard InChI is InChI=1S/C21H19N3O/c25-21-9-7-18-13-17(6-8-20(18)23-21)19(14-24-11-10-22-15-24)12-16-4-2-1-3-5-16/h1-6,8,10-11,13-15H,7,9,12H2,(H,23,25)/b19-14-. The highest BCUT2D eigenvalue weighted by atomic mass is 16.1. The fourth-order valence-electron chi connectivity index (χ4n) is 3.15. The van der Waals surface area contributed by atoms with E-state index in [1.807, 2.05) is 22.9 Å². The van der Waals surface area contributed by atoms with Gasteiger partial charge in [0.25, 0.3) is 0 Å². The van der Waals surface area contributed by atoms with Gasteiger partial charge in [0.1, 0.15) is 0 Å². The normalized spacial score (nSPS) is 14.1. The lowest BCUT2D eigenvalue weighted by Gasteiger charge is -2.18. The molecule has 0 saturated heterocycles. The molecular formula is C21H19N3O. The predicted molar refractivity (Wildman–Crippen MR) is 99.9 cm³/mol. The molecule has 0 bridgehead atoms. The number of anilines is 1. The third-order valence-electron chi connectivity index (χ3n) is 4.44. The summed E-state index contributed by atoms with van der Waals surface area (Å²) in [5.41, 5.74) is 5.78. The van der Waals surface area contributed by atoms with E-state index < -0.39 is 0 Å². The third kappa shape index (κ3) is 3.53. The number of nitrogens with one attached hydrogen (secondary N) is 1. The fourth-order valence-corrected chi connectivity index (χ4v) is 3.15. The van der Waals surface area contributed by atoms with E-state index in [0.717, 1.165) is 18.5 Å². The zero-order chi connectivity index (χ0) is 17.1. The largest absolute Gasteiger partial charge is 0.326 e. The quantitative estimate of drug-likeness (QED) is 0.786. The molecule has 1 aromatic heterocycles. The van der Waals surface area contributed by atoms with E-state index in [2.05, 4.69) is 52.9 Å². The molecule has 0 unspecified atom stereocenters. The molecule has 1 amide bonds. The molecule has 4 heteroatoms. The van der Waals surface area contributed by atoms with Crippen molar-refractivity contribution in [2.45, 2.75) is 19.3 Å². The highest BCUT2D eigenvalue weighted by Gasteiger charge is 2.16. The van der Waals surface area contributed by atoms with Gasteiger partial charge in [-0.2, -0.15) is 0 Å². The number of nitrogens with zero attached hydrogens (tertiary/aromatic N) is 2. The Bertz CT molecular complexity index is 912. The number of carbonyl (C=O) groups is 1. The molecule has 0 spiro atoms. The van der Waals surface area contributed by atoms with Gasteiger partial charge in [-0.15, -0.1) is 0 Å². The van der Waals surface area contributed by atoms with E-state index in [1.165, 1.54) is 22.3 Å². The topological polar surface area (TPSA) is 46.9 Å². The highest BCUT2D eigenvalue weighted by Crippen LogP contribution is 2.28. The molecular weight excluding hydrogens is 310 g/mol. The Morgan fingerprint density at radius 3 is 2.84 bits per heavy atom. The summed E-state index contributed by atoms with van der Waals surface area (Å²) in [6.45, 7) is 0. The van der Waals surface area contributed by atoms with Gasteiger partial charge in [0.15, 0.2) is 0 Å². The predicted octanol–water partition coefficient (Wildman–Crippen LogP) is 4.01. The molecule has 4 nitrogen and oxygen atoms in total. The smallest absolute Gasteiger partial charge is 0.224 e. The van der Waals surface area contributed by atoms with Gasteiger partial charge in [0.05, 0.1) is 6.33 Å². The molecule has 1 aliphatic rings. The second-order valence-electron chi connectivity index (χ2n) is 6.25. The summed E-state index contributed by atoms with van der Waals surface area (Å²) in [4.78, 5) is 15.7. The van der Waals surface area contributed by atoms with Crippen LogP contribution < -0.4 is 5.32 Å². The number of imidazole rings is 1. The molecule has 2 heterocycles. The molecule has 3 aromatic rings. The second kappa shape index (κ2) is 6.77. The minimum absolute atomic E-state index is 0.0960. The van der Waals surface area contributed by atoms with Crippen LogP contribution >= 0.6 is 0 Å². The Labute approximate surface area is 146 Å². The first-order chi connectivity index (χ1) is 12.3. The molecule has 0 saturated carbocycles.